The van der Waals surface area contributed by atoms with Crippen molar-refractivity contribution in [1.29, 1.82) is 0 Å². The lowest BCUT2D eigenvalue weighted by Crippen LogP contribution is -2.58. The number of fused-ring (bicyclic) bond motifs is 2. The first-order valence-electron chi connectivity index (χ1n) is 13.4. The Morgan fingerprint density at radius 2 is 2.05 bits per heavy atom. The van der Waals surface area contributed by atoms with Crippen molar-refractivity contribution in [3.63, 3.8) is 0 Å². The number of para-hydroxylation sites is 1. The number of aliphatic hydroxyl groups is 1. The van der Waals surface area contributed by atoms with E-state index in [4.69, 9.17) is 9.47 Å². The molecule has 206 valence electrons. The van der Waals surface area contributed by atoms with E-state index in [2.05, 4.69) is 15.6 Å². The van der Waals surface area contributed by atoms with E-state index in [0.717, 1.165) is 5.52 Å². The molecular formula is C27H37N5O6. The Kier molecular flexibility index (Phi) is 6.71. The number of nitrogens with one attached hydrogen (secondary N) is 1. The van der Waals surface area contributed by atoms with Crippen LogP contribution in [0.1, 0.15) is 47.5 Å². The molecule has 3 saturated heterocycles. The van der Waals surface area contributed by atoms with Crippen molar-refractivity contribution in [3.8, 4) is 0 Å². The van der Waals surface area contributed by atoms with E-state index < -0.39 is 47.0 Å². The van der Waals surface area contributed by atoms with Gasteiger partial charge in [-0.25, -0.2) is 4.68 Å². The van der Waals surface area contributed by atoms with Gasteiger partial charge in [-0.05, 0) is 50.7 Å². The molecule has 7 atom stereocenters. The lowest BCUT2D eigenvalue weighted by Gasteiger charge is -2.37. The molecule has 38 heavy (non-hydrogen) atoms. The van der Waals surface area contributed by atoms with Gasteiger partial charge in [-0.2, -0.15) is 0 Å². The number of hydrogen-bond acceptors (Lipinski definition) is 8. The van der Waals surface area contributed by atoms with Crippen LogP contribution in [0.2, 0.25) is 0 Å². The van der Waals surface area contributed by atoms with Gasteiger partial charge in [0.25, 0.3) is 0 Å². The number of carbonyl (C=O) groups excluding carboxylic acids is 3. The average Bonchev–Trinajstić information content (AvgIpc) is 3.54. The zero-order valence-electron chi connectivity index (χ0n) is 22.6. The van der Waals surface area contributed by atoms with Crippen LogP contribution in [0, 0.1) is 23.7 Å². The van der Waals surface area contributed by atoms with Crippen LogP contribution in [0.15, 0.2) is 24.3 Å². The maximum atomic E-state index is 14.2. The summed E-state index contributed by atoms with van der Waals surface area (Å²) in [7, 11) is 0. The van der Waals surface area contributed by atoms with Crippen molar-refractivity contribution < 1.29 is 29.0 Å². The van der Waals surface area contributed by atoms with Gasteiger partial charge in [0.2, 0.25) is 11.8 Å². The number of ether oxygens (including phenoxy) is 2. The van der Waals surface area contributed by atoms with Gasteiger partial charge < -0.3 is 24.8 Å². The third-order valence-corrected chi connectivity index (χ3v) is 8.71. The summed E-state index contributed by atoms with van der Waals surface area (Å²) in [6.45, 7) is 9.47. The summed E-state index contributed by atoms with van der Waals surface area (Å²) in [5.74, 6) is -2.87. The number of rotatable bonds is 9. The van der Waals surface area contributed by atoms with Gasteiger partial charge in [0.05, 0.1) is 36.3 Å². The Labute approximate surface area is 221 Å². The Bertz CT molecular complexity index is 1250. The molecular weight excluding hydrogens is 490 g/mol. The van der Waals surface area contributed by atoms with Crippen LogP contribution >= 0.6 is 0 Å². The number of aliphatic hydroxyl groups excluding tert-OH is 1. The number of likely N-dealkylation sites (tertiary alicyclic amines) is 1. The minimum Gasteiger partial charge on any atom is -0.466 e. The number of hydrogen-bond donors (Lipinski definition) is 2. The summed E-state index contributed by atoms with van der Waals surface area (Å²) in [5, 5.41) is 21.6. The van der Waals surface area contributed by atoms with E-state index in [1.807, 2.05) is 52.0 Å². The number of carbonyl (C=O) groups is 3. The predicted molar refractivity (Wildman–Crippen MR) is 136 cm³/mol. The molecule has 11 nitrogen and oxygen atoms in total. The summed E-state index contributed by atoms with van der Waals surface area (Å²) in [6, 6.07) is 5.81. The molecule has 2 aromatic rings. The molecule has 2 bridgehead atoms. The Hall–Kier alpha value is -3.05. The van der Waals surface area contributed by atoms with Gasteiger partial charge in [0.15, 0.2) is 0 Å². The maximum absolute atomic E-state index is 14.2. The first-order valence-corrected chi connectivity index (χ1v) is 13.4. The van der Waals surface area contributed by atoms with Crippen LogP contribution < -0.4 is 5.32 Å². The summed E-state index contributed by atoms with van der Waals surface area (Å²) < 4.78 is 13.7. The van der Waals surface area contributed by atoms with Gasteiger partial charge in [0, 0.05) is 0 Å². The van der Waals surface area contributed by atoms with Gasteiger partial charge >= 0.3 is 5.97 Å². The minimum absolute atomic E-state index is 0.0424. The van der Waals surface area contributed by atoms with Crippen LogP contribution in [-0.2, 0) is 30.5 Å². The summed E-state index contributed by atoms with van der Waals surface area (Å²) in [5.41, 5.74) is -0.682. The fraction of sp³-hybridized carbons (Fsp3) is 0.667. The molecule has 3 fully saturated rings. The monoisotopic (exact) mass is 527 g/mol. The van der Waals surface area contributed by atoms with Crippen molar-refractivity contribution in [2.45, 2.75) is 77.4 Å². The molecule has 2 amide bonds. The first kappa shape index (κ1) is 26.6. The van der Waals surface area contributed by atoms with Crippen LogP contribution in [0.25, 0.3) is 11.0 Å². The van der Waals surface area contributed by atoms with E-state index in [-0.39, 0.29) is 37.6 Å². The van der Waals surface area contributed by atoms with Crippen molar-refractivity contribution in [1.82, 2.24) is 25.2 Å². The highest BCUT2D eigenvalue weighted by Crippen LogP contribution is 2.65. The SMILES string of the molecule is CCOC(=O)[C@@H]1[C@H]2C(=O)N([C@@H](CO)CC(C)C)C(C(=O)NCn3nnc4ccccc43)C23CC(C)[C@@]1(C)O3. The van der Waals surface area contributed by atoms with E-state index in [1.54, 1.807) is 11.6 Å². The first-order chi connectivity index (χ1) is 18.1. The van der Waals surface area contributed by atoms with Gasteiger partial charge in [-0.15, -0.1) is 5.10 Å². The van der Waals surface area contributed by atoms with E-state index >= 15 is 0 Å². The number of esters is 1. The number of amides is 2. The van der Waals surface area contributed by atoms with E-state index in [1.165, 1.54) is 4.90 Å². The maximum Gasteiger partial charge on any atom is 0.312 e. The van der Waals surface area contributed by atoms with Crippen LogP contribution in [0.5, 0.6) is 0 Å². The number of benzene rings is 1. The van der Waals surface area contributed by atoms with Gasteiger partial charge in [-0.3, -0.25) is 14.4 Å². The predicted octanol–water partition coefficient (Wildman–Crippen LogP) is 1.49. The molecule has 3 aliphatic heterocycles. The zero-order valence-corrected chi connectivity index (χ0v) is 22.6. The Morgan fingerprint density at radius 1 is 1.32 bits per heavy atom. The smallest absolute Gasteiger partial charge is 0.312 e. The van der Waals surface area contributed by atoms with Crippen LogP contribution in [-0.4, -0.2) is 79.3 Å². The second-order valence-electron chi connectivity index (χ2n) is 11.4. The standard InChI is InChI=1S/C27H37N5O6/c1-6-37-25(36)21-20-24(35)32(17(13-33)11-15(2)3)22(27(20)12-16(4)26(21,5)38-27)23(34)28-14-31-19-10-8-7-9-18(19)29-30-31/h7-10,15-17,20-22,33H,6,11-14H2,1-5H3,(H,28,34)/t16?,17-,20+,21+,22?,26-,27?/m1/s1. The molecule has 1 aromatic heterocycles. The van der Waals surface area contributed by atoms with Gasteiger partial charge in [-0.1, -0.05) is 38.1 Å². The molecule has 0 aliphatic carbocycles. The highest BCUT2D eigenvalue weighted by molar-refractivity contribution is 5.98. The van der Waals surface area contributed by atoms with Crippen molar-refractivity contribution in [3.05, 3.63) is 24.3 Å². The molecule has 5 rings (SSSR count). The second kappa shape index (κ2) is 9.60. The zero-order chi connectivity index (χ0) is 27.4. The molecule has 3 unspecified atom stereocenters. The summed E-state index contributed by atoms with van der Waals surface area (Å²) in [4.78, 5) is 42.9. The average molecular weight is 528 g/mol. The molecule has 4 heterocycles. The Morgan fingerprint density at radius 3 is 2.74 bits per heavy atom. The van der Waals surface area contributed by atoms with E-state index in [9.17, 15) is 19.5 Å². The molecule has 1 spiro atoms. The normalized spacial score (nSPS) is 32.7. The summed E-state index contributed by atoms with van der Waals surface area (Å²) >= 11 is 0. The quantitative estimate of drug-likeness (QED) is 0.468. The number of nitrogens with zero attached hydrogens (tertiary/aromatic N) is 4. The summed E-state index contributed by atoms with van der Waals surface area (Å²) in [6.07, 6.45) is 0.940. The fourth-order valence-corrected chi connectivity index (χ4v) is 7.06. The molecule has 2 N–H and O–H groups in total. The topological polar surface area (TPSA) is 136 Å². The van der Waals surface area contributed by atoms with Crippen molar-refractivity contribution in [2.24, 2.45) is 23.7 Å². The minimum atomic E-state index is -1.21. The third-order valence-electron chi connectivity index (χ3n) is 8.71. The fourth-order valence-electron chi connectivity index (χ4n) is 7.06. The largest absolute Gasteiger partial charge is 0.466 e. The van der Waals surface area contributed by atoms with Crippen LogP contribution in [0.4, 0.5) is 0 Å². The molecule has 0 saturated carbocycles. The molecule has 3 aliphatic rings. The highest BCUT2D eigenvalue weighted by Gasteiger charge is 2.80. The molecule has 1 aromatic carbocycles. The van der Waals surface area contributed by atoms with Crippen molar-refractivity contribution >= 4 is 28.8 Å². The second-order valence-corrected chi connectivity index (χ2v) is 11.4. The molecule has 11 heteroatoms. The lowest BCUT2D eigenvalue weighted by atomic mass is 9.62. The Balaban J connectivity index is 1.53. The van der Waals surface area contributed by atoms with Crippen molar-refractivity contribution in [2.75, 3.05) is 13.2 Å². The molecule has 0 radical (unpaired) electrons. The van der Waals surface area contributed by atoms with E-state index in [0.29, 0.717) is 18.4 Å². The lowest BCUT2D eigenvalue weighted by molar-refractivity contribution is -0.162. The van der Waals surface area contributed by atoms with Crippen LogP contribution in [0.3, 0.4) is 0 Å². The van der Waals surface area contributed by atoms with Gasteiger partial charge in [0.1, 0.15) is 29.7 Å². The number of aromatic nitrogens is 3. The highest BCUT2D eigenvalue weighted by atomic mass is 16.6. The third kappa shape index (κ3) is 3.81.